The predicted octanol–water partition coefficient (Wildman–Crippen LogP) is 12.0. The minimum absolute atomic E-state index is 0.456. The first-order chi connectivity index (χ1) is 23.8. The summed E-state index contributed by atoms with van der Waals surface area (Å²) in [5, 5.41) is 5.03. The average Bonchev–Trinajstić information content (AvgIpc) is 3.64. The smallest absolute Gasteiger partial charge is 0.0714 e. The van der Waals surface area contributed by atoms with Gasteiger partial charge in [0, 0.05) is 16.5 Å². The van der Waals surface area contributed by atoms with Gasteiger partial charge in [0.05, 0.1) is 16.4 Å². The molecular formula is C47H31N. The quantitative estimate of drug-likeness (QED) is 0.187. The lowest BCUT2D eigenvalue weighted by Gasteiger charge is -2.34. The van der Waals surface area contributed by atoms with Crippen LogP contribution in [-0.2, 0) is 5.41 Å². The zero-order chi connectivity index (χ0) is 31.7. The molecule has 0 N–H and O–H groups in total. The molecule has 1 aromatic heterocycles. The standard InChI is InChI=1S/C47H31N/c1-4-16-32(17-5-1)40-29-36(28-33-18-10-11-23-37(33)40)48-45-27-15-13-25-39(45)42-30-41-38-24-12-14-26-43(38)47(44(41)31-46(42)48,34-19-6-2-7-20-34)35-21-8-3-9-22-35/h1-31H. The summed E-state index contributed by atoms with van der Waals surface area (Å²) < 4.78 is 2.49. The highest BCUT2D eigenvalue weighted by atomic mass is 15.0. The second-order valence-electron chi connectivity index (χ2n) is 12.9. The third-order valence-electron chi connectivity index (χ3n) is 10.4. The van der Waals surface area contributed by atoms with Gasteiger partial charge in [-0.15, -0.1) is 0 Å². The number of hydrogen-bond donors (Lipinski definition) is 0. The van der Waals surface area contributed by atoms with E-state index in [4.69, 9.17) is 0 Å². The van der Waals surface area contributed by atoms with Gasteiger partial charge in [-0.1, -0.05) is 158 Å². The Morgan fingerprint density at radius 1 is 0.354 bits per heavy atom. The number of benzene rings is 8. The Kier molecular flexibility index (Phi) is 5.86. The number of rotatable bonds is 4. The van der Waals surface area contributed by atoms with Crippen molar-refractivity contribution in [2.24, 2.45) is 0 Å². The van der Waals surface area contributed by atoms with Crippen LogP contribution in [0.3, 0.4) is 0 Å². The Labute approximate surface area is 280 Å². The Morgan fingerprint density at radius 2 is 0.958 bits per heavy atom. The Bertz CT molecular complexity index is 2610. The molecule has 9 aromatic rings. The molecule has 10 rings (SSSR count). The minimum atomic E-state index is -0.456. The van der Waals surface area contributed by atoms with E-state index in [1.165, 1.54) is 82.8 Å². The van der Waals surface area contributed by atoms with Gasteiger partial charge in [0.25, 0.3) is 0 Å². The van der Waals surface area contributed by atoms with Crippen LogP contribution in [0.4, 0.5) is 0 Å². The van der Waals surface area contributed by atoms with E-state index in [1.54, 1.807) is 0 Å². The van der Waals surface area contributed by atoms with Crippen LogP contribution in [0.1, 0.15) is 22.3 Å². The largest absolute Gasteiger partial charge is 0.309 e. The van der Waals surface area contributed by atoms with Gasteiger partial charge in [0.15, 0.2) is 0 Å². The fourth-order valence-corrected chi connectivity index (χ4v) is 8.46. The van der Waals surface area contributed by atoms with Gasteiger partial charge in [-0.05, 0) is 85.6 Å². The van der Waals surface area contributed by atoms with Crippen molar-refractivity contribution in [3.05, 3.63) is 210 Å². The third-order valence-corrected chi connectivity index (χ3v) is 10.4. The number of aromatic nitrogens is 1. The number of nitrogens with zero attached hydrogens (tertiary/aromatic N) is 1. The van der Waals surface area contributed by atoms with Crippen molar-refractivity contribution < 1.29 is 0 Å². The summed E-state index contributed by atoms with van der Waals surface area (Å²) in [7, 11) is 0. The van der Waals surface area contributed by atoms with Crippen LogP contribution >= 0.6 is 0 Å². The molecule has 1 aliphatic rings. The lowest BCUT2D eigenvalue weighted by Crippen LogP contribution is -2.28. The number of hydrogen-bond acceptors (Lipinski definition) is 0. The van der Waals surface area contributed by atoms with E-state index in [2.05, 4.69) is 193 Å². The Morgan fingerprint density at radius 3 is 1.71 bits per heavy atom. The molecule has 0 atom stereocenters. The second kappa shape index (κ2) is 10.4. The maximum absolute atomic E-state index is 2.50. The molecule has 0 radical (unpaired) electrons. The van der Waals surface area contributed by atoms with Gasteiger partial charge in [-0.3, -0.25) is 0 Å². The van der Waals surface area contributed by atoms with Crippen molar-refractivity contribution in [3.63, 3.8) is 0 Å². The van der Waals surface area contributed by atoms with Crippen molar-refractivity contribution in [2.75, 3.05) is 0 Å². The van der Waals surface area contributed by atoms with Gasteiger partial charge in [0.1, 0.15) is 0 Å². The molecule has 0 spiro atoms. The van der Waals surface area contributed by atoms with E-state index in [-0.39, 0.29) is 0 Å². The van der Waals surface area contributed by atoms with Crippen LogP contribution < -0.4 is 0 Å². The van der Waals surface area contributed by atoms with Crippen LogP contribution in [0.25, 0.3) is 60.5 Å². The molecule has 48 heavy (non-hydrogen) atoms. The second-order valence-corrected chi connectivity index (χ2v) is 12.9. The van der Waals surface area contributed by atoms with E-state index >= 15 is 0 Å². The van der Waals surface area contributed by atoms with Crippen LogP contribution in [-0.4, -0.2) is 4.57 Å². The normalized spacial score (nSPS) is 13.2. The molecule has 224 valence electrons. The maximum atomic E-state index is 2.50. The van der Waals surface area contributed by atoms with Crippen molar-refractivity contribution >= 4 is 32.6 Å². The molecule has 1 heteroatoms. The molecule has 1 heterocycles. The van der Waals surface area contributed by atoms with Crippen LogP contribution in [0, 0.1) is 0 Å². The molecule has 0 saturated carbocycles. The minimum Gasteiger partial charge on any atom is -0.309 e. The lowest BCUT2D eigenvalue weighted by atomic mass is 9.67. The maximum Gasteiger partial charge on any atom is 0.0714 e. The van der Waals surface area contributed by atoms with Crippen molar-refractivity contribution in [1.29, 1.82) is 0 Å². The average molecular weight is 610 g/mol. The Balaban J connectivity index is 1.36. The highest BCUT2D eigenvalue weighted by molar-refractivity contribution is 6.12. The predicted molar refractivity (Wildman–Crippen MR) is 201 cm³/mol. The molecule has 0 bridgehead atoms. The highest BCUT2D eigenvalue weighted by Gasteiger charge is 2.46. The highest BCUT2D eigenvalue weighted by Crippen LogP contribution is 2.57. The first-order valence-corrected chi connectivity index (χ1v) is 16.7. The summed E-state index contributed by atoms with van der Waals surface area (Å²) >= 11 is 0. The monoisotopic (exact) mass is 609 g/mol. The molecule has 0 amide bonds. The van der Waals surface area contributed by atoms with Gasteiger partial charge in [0.2, 0.25) is 0 Å². The van der Waals surface area contributed by atoms with Crippen LogP contribution in [0.15, 0.2) is 188 Å². The molecule has 0 aliphatic heterocycles. The van der Waals surface area contributed by atoms with Gasteiger partial charge >= 0.3 is 0 Å². The molecule has 0 fully saturated rings. The zero-order valence-electron chi connectivity index (χ0n) is 26.3. The van der Waals surface area contributed by atoms with Crippen LogP contribution in [0.5, 0.6) is 0 Å². The number of fused-ring (bicyclic) bond motifs is 7. The lowest BCUT2D eigenvalue weighted by molar-refractivity contribution is 0.769. The topological polar surface area (TPSA) is 4.93 Å². The van der Waals surface area contributed by atoms with Crippen molar-refractivity contribution in [1.82, 2.24) is 4.57 Å². The molecule has 8 aromatic carbocycles. The first-order valence-electron chi connectivity index (χ1n) is 16.7. The van der Waals surface area contributed by atoms with E-state index < -0.39 is 5.41 Å². The van der Waals surface area contributed by atoms with Gasteiger partial charge in [-0.2, -0.15) is 0 Å². The van der Waals surface area contributed by atoms with E-state index in [1.807, 2.05) is 0 Å². The SMILES string of the molecule is c1ccc(-c2cc(-n3c4ccccc4c4cc5c(cc43)C(c3ccccc3)(c3ccccc3)c3ccccc3-5)cc3ccccc23)cc1. The summed E-state index contributed by atoms with van der Waals surface area (Å²) in [6.07, 6.45) is 0. The zero-order valence-corrected chi connectivity index (χ0v) is 26.3. The fraction of sp³-hybridized carbons (Fsp3) is 0.0213. The number of para-hydroxylation sites is 1. The summed E-state index contributed by atoms with van der Waals surface area (Å²) in [6.45, 7) is 0. The van der Waals surface area contributed by atoms with Crippen molar-refractivity contribution in [3.8, 4) is 27.9 Å². The van der Waals surface area contributed by atoms with Gasteiger partial charge < -0.3 is 4.57 Å². The molecule has 0 saturated heterocycles. The molecule has 1 nitrogen and oxygen atoms in total. The van der Waals surface area contributed by atoms with E-state index in [0.717, 1.165) is 0 Å². The summed E-state index contributed by atoms with van der Waals surface area (Å²) in [6, 6.07) is 69.3. The molecule has 1 aliphatic carbocycles. The van der Waals surface area contributed by atoms with Gasteiger partial charge in [-0.25, -0.2) is 0 Å². The summed E-state index contributed by atoms with van der Waals surface area (Å²) in [5.74, 6) is 0. The van der Waals surface area contributed by atoms with E-state index in [0.29, 0.717) is 0 Å². The Hall–Kier alpha value is -6.18. The van der Waals surface area contributed by atoms with Crippen LogP contribution in [0.2, 0.25) is 0 Å². The van der Waals surface area contributed by atoms with Crippen molar-refractivity contribution in [2.45, 2.75) is 5.41 Å². The fourth-order valence-electron chi connectivity index (χ4n) is 8.46. The first kappa shape index (κ1) is 27.0. The summed E-state index contributed by atoms with van der Waals surface area (Å²) in [5.41, 5.74) is 13.4. The molecule has 0 unspecified atom stereocenters. The third kappa shape index (κ3) is 3.73. The molecular weight excluding hydrogens is 579 g/mol. The van der Waals surface area contributed by atoms with E-state index in [9.17, 15) is 0 Å². The summed E-state index contributed by atoms with van der Waals surface area (Å²) in [4.78, 5) is 0.